The third-order valence-corrected chi connectivity index (χ3v) is 8.40. The van der Waals surface area contributed by atoms with Crippen LogP contribution in [-0.4, -0.2) is 120 Å². The van der Waals surface area contributed by atoms with Crippen LogP contribution >= 0.6 is 0 Å². The number of aliphatic hydroxyl groups excluding tert-OH is 1. The van der Waals surface area contributed by atoms with E-state index in [4.69, 9.17) is 19.3 Å². The van der Waals surface area contributed by atoms with Crippen LogP contribution in [0.4, 0.5) is 30.5 Å². The third-order valence-electron chi connectivity index (χ3n) is 8.40. The molecule has 2 N–H and O–H groups in total. The van der Waals surface area contributed by atoms with Gasteiger partial charge in [-0.15, -0.1) is 0 Å². The number of nitrogens with zero attached hydrogens (tertiary/aromatic N) is 7. The van der Waals surface area contributed by atoms with Crippen LogP contribution in [0, 0.1) is 11.3 Å². The number of amides is 1. The minimum atomic E-state index is -3.01. The maximum absolute atomic E-state index is 14.8. The Labute approximate surface area is 268 Å². The van der Waals surface area contributed by atoms with E-state index in [2.05, 4.69) is 25.2 Å². The van der Waals surface area contributed by atoms with Crippen molar-refractivity contribution < 1.29 is 37.3 Å². The summed E-state index contributed by atoms with van der Waals surface area (Å²) in [7, 11) is 0. The van der Waals surface area contributed by atoms with Gasteiger partial charge in [0.1, 0.15) is 30.9 Å². The number of piperazine rings is 1. The lowest BCUT2D eigenvalue weighted by molar-refractivity contribution is -0.138. The van der Waals surface area contributed by atoms with Crippen LogP contribution in [0.5, 0.6) is 11.5 Å². The molecule has 16 heteroatoms. The third kappa shape index (κ3) is 7.48. The maximum Gasteiger partial charge on any atom is 0.387 e. The average molecular weight is 655 g/mol. The summed E-state index contributed by atoms with van der Waals surface area (Å²) in [5.74, 6) is -0.00757. The molecular weight excluding hydrogens is 621 g/mol. The molecule has 3 saturated heterocycles. The van der Waals surface area contributed by atoms with Gasteiger partial charge in [0, 0.05) is 56.5 Å². The molecule has 2 aromatic carbocycles. The molecule has 3 aromatic rings. The summed E-state index contributed by atoms with van der Waals surface area (Å²) < 4.78 is 57.6. The molecule has 0 saturated carbocycles. The van der Waals surface area contributed by atoms with Gasteiger partial charge in [0.15, 0.2) is 17.7 Å². The van der Waals surface area contributed by atoms with Crippen molar-refractivity contribution in [2.45, 2.75) is 31.3 Å². The number of nitrogens with one attached hydrogen (secondary N) is 1. The summed E-state index contributed by atoms with van der Waals surface area (Å²) in [6.45, 7) is 0.644. The van der Waals surface area contributed by atoms with E-state index in [1.165, 1.54) is 29.4 Å². The second-order valence-electron chi connectivity index (χ2n) is 11.3. The number of hydrogen-bond donors (Lipinski definition) is 2. The molecule has 0 spiro atoms. The zero-order valence-corrected chi connectivity index (χ0v) is 25.3. The normalized spacial score (nSPS) is 20.4. The molecule has 1 unspecified atom stereocenters. The molecule has 4 heterocycles. The highest BCUT2D eigenvalue weighted by Crippen LogP contribution is 2.35. The molecule has 1 aromatic heterocycles. The molecule has 47 heavy (non-hydrogen) atoms. The fraction of sp³-hybridized carbons (Fsp3) is 0.452. The van der Waals surface area contributed by atoms with Crippen LogP contribution in [0.1, 0.15) is 12.0 Å². The van der Waals surface area contributed by atoms with Gasteiger partial charge < -0.3 is 34.4 Å². The maximum atomic E-state index is 14.8. The zero-order valence-electron chi connectivity index (χ0n) is 25.3. The molecule has 6 rings (SSSR count). The Hall–Kier alpha value is -4.72. The summed E-state index contributed by atoms with van der Waals surface area (Å²) >= 11 is 0. The minimum absolute atomic E-state index is 0.0233. The number of alkyl halides is 3. The first kappa shape index (κ1) is 32.2. The van der Waals surface area contributed by atoms with Gasteiger partial charge in [-0.25, -0.2) is 14.4 Å². The summed E-state index contributed by atoms with van der Waals surface area (Å²) in [4.78, 5) is 30.1. The van der Waals surface area contributed by atoms with Crippen LogP contribution in [0.3, 0.4) is 0 Å². The molecule has 248 valence electrons. The Bertz CT molecular complexity index is 1620. The molecular formula is C31H33F3N8O5. The highest BCUT2D eigenvalue weighted by atomic mass is 19.3. The van der Waals surface area contributed by atoms with Crippen molar-refractivity contribution in [3.05, 3.63) is 48.3 Å². The van der Waals surface area contributed by atoms with Gasteiger partial charge in [0.2, 0.25) is 11.9 Å². The number of carbonyl (C=O) groups excluding carboxylic acids is 1. The number of benzene rings is 2. The number of likely N-dealkylation sites (tertiary alicyclic amines) is 1. The number of ether oxygens (including phenoxy) is 3. The standard InChI is InChI=1S/C31H33F3N8O5/c32-23-14-42(28(44)15-43)6-5-26(23)46-25-4-1-19(11-20(25)13-35)29-36-18-37-31(39-29)38-21-2-3-24(27(12-21)47-30(33)34)41-9-7-40(8-10-41)22-16-45-17-22/h1-4,11-12,18,22-23,26,30,43H,5-10,14-17H2,(H,36,37,38,39)/t23?,26-/m0/s1. The number of nitriles is 1. The first-order valence-electron chi connectivity index (χ1n) is 15.2. The van der Waals surface area contributed by atoms with Crippen LogP contribution in [-0.2, 0) is 9.53 Å². The average Bonchev–Trinajstić information content (AvgIpc) is 3.05. The number of anilines is 3. The van der Waals surface area contributed by atoms with Crippen LogP contribution in [0.2, 0.25) is 0 Å². The number of hydrogen-bond acceptors (Lipinski definition) is 12. The zero-order chi connectivity index (χ0) is 32.9. The van der Waals surface area contributed by atoms with Crippen molar-refractivity contribution >= 4 is 23.2 Å². The monoisotopic (exact) mass is 654 g/mol. The van der Waals surface area contributed by atoms with Crippen molar-refractivity contribution in [1.82, 2.24) is 24.8 Å². The molecule has 0 bridgehead atoms. The van der Waals surface area contributed by atoms with Gasteiger partial charge in [0.05, 0.1) is 37.1 Å². The van der Waals surface area contributed by atoms with E-state index >= 15 is 0 Å². The second kappa shape index (κ2) is 14.4. The van der Waals surface area contributed by atoms with E-state index in [-0.39, 0.29) is 48.3 Å². The first-order valence-corrected chi connectivity index (χ1v) is 15.2. The van der Waals surface area contributed by atoms with E-state index in [0.29, 0.717) is 36.1 Å². The number of rotatable bonds is 10. The van der Waals surface area contributed by atoms with E-state index in [0.717, 1.165) is 26.3 Å². The fourth-order valence-corrected chi connectivity index (χ4v) is 5.80. The van der Waals surface area contributed by atoms with E-state index < -0.39 is 31.4 Å². The number of carbonyl (C=O) groups is 1. The van der Waals surface area contributed by atoms with E-state index in [1.54, 1.807) is 18.2 Å². The lowest BCUT2D eigenvalue weighted by Gasteiger charge is -2.43. The van der Waals surface area contributed by atoms with Gasteiger partial charge in [-0.3, -0.25) is 9.69 Å². The number of aromatic nitrogens is 3. The van der Waals surface area contributed by atoms with E-state index in [1.807, 2.05) is 11.0 Å². The molecule has 3 aliphatic rings. The second-order valence-corrected chi connectivity index (χ2v) is 11.3. The largest absolute Gasteiger partial charge is 0.486 e. The minimum Gasteiger partial charge on any atom is -0.486 e. The quantitative estimate of drug-likeness (QED) is 0.331. The lowest BCUT2D eigenvalue weighted by Crippen LogP contribution is -2.56. The van der Waals surface area contributed by atoms with Crippen LogP contribution in [0.15, 0.2) is 42.7 Å². The van der Waals surface area contributed by atoms with Crippen LogP contribution in [0.25, 0.3) is 11.4 Å². The molecule has 1 amide bonds. The summed E-state index contributed by atoms with van der Waals surface area (Å²) in [5.41, 5.74) is 1.57. The van der Waals surface area contributed by atoms with Crippen molar-refractivity contribution in [3.63, 3.8) is 0 Å². The molecule has 13 nitrogen and oxygen atoms in total. The number of piperidine rings is 1. The van der Waals surface area contributed by atoms with Crippen molar-refractivity contribution in [1.29, 1.82) is 5.26 Å². The predicted molar refractivity (Wildman–Crippen MR) is 162 cm³/mol. The smallest absolute Gasteiger partial charge is 0.387 e. The molecule has 3 aliphatic heterocycles. The van der Waals surface area contributed by atoms with E-state index in [9.17, 15) is 23.2 Å². The number of aliphatic hydroxyl groups is 1. The van der Waals surface area contributed by atoms with Crippen molar-refractivity contribution in [2.75, 3.05) is 69.3 Å². The topological polar surface area (TPSA) is 149 Å². The van der Waals surface area contributed by atoms with Crippen molar-refractivity contribution in [3.8, 4) is 29.0 Å². The number of halogens is 3. The summed E-state index contributed by atoms with van der Waals surface area (Å²) in [6, 6.07) is 12.0. The first-order chi connectivity index (χ1) is 22.8. The highest BCUT2D eigenvalue weighted by Gasteiger charge is 2.33. The summed E-state index contributed by atoms with van der Waals surface area (Å²) in [6.07, 6.45) is -0.907. The van der Waals surface area contributed by atoms with Crippen LogP contribution < -0.4 is 19.7 Å². The predicted octanol–water partition coefficient (Wildman–Crippen LogP) is 2.59. The Kier molecular flexibility index (Phi) is 9.85. The Morgan fingerprint density at radius 2 is 1.91 bits per heavy atom. The fourth-order valence-electron chi connectivity index (χ4n) is 5.80. The highest BCUT2D eigenvalue weighted by molar-refractivity contribution is 5.77. The molecule has 2 atom stereocenters. The molecule has 3 fully saturated rings. The SMILES string of the molecule is N#Cc1cc(-c2ncnc(Nc3ccc(N4CCN(C5COC5)CC4)c(OC(F)F)c3)n2)ccc1O[C@H]1CCN(C(=O)CO)CC1F. The Morgan fingerprint density at radius 1 is 1.11 bits per heavy atom. The van der Waals surface area contributed by atoms with Gasteiger partial charge in [-0.1, -0.05) is 0 Å². The summed E-state index contributed by atoms with van der Waals surface area (Å²) in [5, 5.41) is 21.8. The van der Waals surface area contributed by atoms with Crippen molar-refractivity contribution in [2.24, 2.45) is 0 Å². The molecule has 0 aliphatic carbocycles. The van der Waals surface area contributed by atoms with Gasteiger partial charge in [-0.05, 0) is 30.3 Å². The van der Waals surface area contributed by atoms with Gasteiger partial charge >= 0.3 is 6.61 Å². The molecule has 0 radical (unpaired) electrons. The van der Waals surface area contributed by atoms with Gasteiger partial charge in [-0.2, -0.15) is 19.0 Å². The Balaban J connectivity index is 1.14. The van der Waals surface area contributed by atoms with Gasteiger partial charge in [0.25, 0.3) is 0 Å². The lowest BCUT2D eigenvalue weighted by atomic mass is 10.0. The Morgan fingerprint density at radius 3 is 2.60 bits per heavy atom.